The lowest BCUT2D eigenvalue weighted by Crippen LogP contribution is -1.97. The molecule has 0 aromatic heterocycles. The van der Waals surface area contributed by atoms with Crippen molar-refractivity contribution >= 4 is 10.1 Å². The van der Waals surface area contributed by atoms with Gasteiger partial charge >= 0.3 is 12.2 Å². The van der Waals surface area contributed by atoms with Gasteiger partial charge < -0.3 is 0 Å². The Morgan fingerprint density at radius 1 is 1.17 bits per heavy atom. The second-order valence-corrected chi connectivity index (χ2v) is 3.13. The largest absolute Gasteiger partial charge is 0.334 e. The third kappa shape index (κ3) is 16.2. The number of hydrogen-bond acceptors (Lipinski definition) is 2. The van der Waals surface area contributed by atoms with E-state index < -0.39 is 22.3 Å². The van der Waals surface area contributed by atoms with E-state index in [4.69, 9.17) is 4.55 Å². The van der Waals surface area contributed by atoms with Crippen LogP contribution >= 0.6 is 0 Å². The number of rotatable bonds is 1. The van der Waals surface area contributed by atoms with Gasteiger partial charge in [-0.15, -0.1) is 0 Å². The van der Waals surface area contributed by atoms with Gasteiger partial charge in [0.15, 0.2) is 0 Å². The first-order valence-electron chi connectivity index (χ1n) is 2.52. The van der Waals surface area contributed by atoms with E-state index >= 15 is 0 Å². The maximum atomic E-state index is 10.3. The molecule has 0 fully saturated rings. The van der Waals surface area contributed by atoms with Gasteiger partial charge in [0.25, 0.3) is 10.1 Å². The second kappa shape index (κ2) is 5.95. The summed E-state index contributed by atoms with van der Waals surface area (Å²) in [7, 11) is -3.66. The van der Waals surface area contributed by atoms with Gasteiger partial charge in [0.2, 0.25) is 0 Å². The van der Waals surface area contributed by atoms with Gasteiger partial charge in [-0.1, -0.05) is 0 Å². The van der Waals surface area contributed by atoms with Crippen molar-refractivity contribution in [3.63, 3.8) is 0 Å². The molecule has 0 saturated carbocycles. The topological polar surface area (TPSA) is 54.4 Å². The molecule has 0 bridgehead atoms. The minimum Gasteiger partial charge on any atom is -0.286 e. The van der Waals surface area contributed by atoms with E-state index in [1.165, 1.54) is 6.92 Å². The van der Waals surface area contributed by atoms with Crippen LogP contribution < -0.4 is 0 Å². The Morgan fingerprint density at radius 3 is 1.33 bits per heavy atom. The van der Waals surface area contributed by atoms with E-state index in [0.717, 1.165) is 0 Å². The summed E-state index contributed by atoms with van der Waals surface area (Å²) in [6, 6.07) is 0. The minimum atomic E-state index is -3.66. The predicted octanol–water partition coefficient (Wildman–Crippen LogP) is 1.89. The maximum absolute atomic E-state index is 10.3. The number of hydrogen-bond donors (Lipinski definition) is 1. The van der Waals surface area contributed by atoms with Gasteiger partial charge in [-0.05, 0) is 6.92 Å². The second-order valence-electron chi connectivity index (χ2n) is 1.39. The first-order chi connectivity index (χ1) is 5.20. The summed E-state index contributed by atoms with van der Waals surface area (Å²) in [6.45, 7) is 1.37. The predicted molar refractivity (Wildman–Crippen MR) is 33.5 cm³/mol. The Hall–Kier alpha value is -0.630. The van der Waals surface area contributed by atoms with Crippen LogP contribution in [0.5, 0.6) is 0 Å². The van der Waals surface area contributed by atoms with E-state index in [0.29, 0.717) is 0 Å². The Labute approximate surface area is 66.4 Å². The molecule has 0 aliphatic carbocycles. The van der Waals surface area contributed by atoms with Crippen LogP contribution in [0, 0.1) is 0 Å². The van der Waals surface area contributed by atoms with Crippen LogP contribution in [0.4, 0.5) is 17.6 Å². The fraction of sp³-hybridized carbons (Fsp3) is 0.500. The minimum absolute atomic E-state index is 0.201. The highest BCUT2D eigenvalue weighted by Gasteiger charge is 1.98. The van der Waals surface area contributed by atoms with E-state index in [-0.39, 0.29) is 5.75 Å². The van der Waals surface area contributed by atoms with E-state index in [1.807, 2.05) is 0 Å². The molecule has 0 radical (unpaired) electrons. The lowest BCUT2D eigenvalue weighted by molar-refractivity contribution is 0.308. The van der Waals surface area contributed by atoms with E-state index in [2.05, 4.69) is 0 Å². The Bertz CT molecular complexity index is 227. The van der Waals surface area contributed by atoms with Crippen molar-refractivity contribution in [1.82, 2.24) is 0 Å². The lowest BCUT2D eigenvalue weighted by Gasteiger charge is -1.79. The Kier molecular flexibility index (Phi) is 6.91. The zero-order chi connectivity index (χ0) is 10.4. The first kappa shape index (κ1) is 13.9. The first-order valence-corrected chi connectivity index (χ1v) is 4.13. The van der Waals surface area contributed by atoms with Crippen molar-refractivity contribution in [1.29, 1.82) is 0 Å². The van der Waals surface area contributed by atoms with Gasteiger partial charge in [-0.3, -0.25) is 4.55 Å². The molecule has 3 nitrogen and oxygen atoms in total. The molecule has 0 aromatic carbocycles. The van der Waals surface area contributed by atoms with E-state index in [9.17, 15) is 26.0 Å². The molecule has 74 valence electrons. The van der Waals surface area contributed by atoms with Crippen LogP contribution in [-0.2, 0) is 10.1 Å². The van der Waals surface area contributed by atoms with Crippen molar-refractivity contribution in [3.8, 4) is 0 Å². The molecule has 0 aliphatic rings. The zero-order valence-corrected chi connectivity index (χ0v) is 6.71. The summed E-state index contributed by atoms with van der Waals surface area (Å²) < 4.78 is 68.1. The molecule has 8 heteroatoms. The molecule has 0 rings (SSSR count). The highest BCUT2D eigenvalue weighted by molar-refractivity contribution is 7.85. The summed E-state index contributed by atoms with van der Waals surface area (Å²) in [5.41, 5.74) is 0. The van der Waals surface area contributed by atoms with Gasteiger partial charge in [0.05, 0.1) is 5.75 Å². The van der Waals surface area contributed by atoms with E-state index in [1.54, 1.807) is 0 Å². The lowest BCUT2D eigenvalue weighted by atomic mass is 11.0. The van der Waals surface area contributed by atoms with Crippen LogP contribution in [-0.4, -0.2) is 18.7 Å². The fourth-order valence-corrected chi connectivity index (χ4v) is 0. The monoisotopic (exact) mass is 210 g/mol. The zero-order valence-electron chi connectivity index (χ0n) is 5.89. The van der Waals surface area contributed by atoms with Crippen LogP contribution in [0.2, 0.25) is 0 Å². The van der Waals surface area contributed by atoms with Crippen LogP contribution in [0.3, 0.4) is 0 Å². The summed E-state index contributed by atoms with van der Waals surface area (Å²) in [4.78, 5) is 0. The normalized spacial score (nSPS) is 9.83. The number of halogens is 4. The van der Waals surface area contributed by atoms with Gasteiger partial charge in [-0.25, -0.2) is 0 Å². The molecule has 0 heterocycles. The van der Waals surface area contributed by atoms with Crippen molar-refractivity contribution in [2.75, 3.05) is 5.75 Å². The van der Waals surface area contributed by atoms with Gasteiger partial charge in [0, 0.05) is 0 Å². The van der Waals surface area contributed by atoms with Crippen molar-refractivity contribution in [3.05, 3.63) is 12.2 Å². The summed E-state index contributed by atoms with van der Waals surface area (Å²) >= 11 is 0. The smallest absolute Gasteiger partial charge is 0.286 e. The molecule has 0 amide bonds. The van der Waals surface area contributed by atoms with Crippen molar-refractivity contribution in [2.45, 2.75) is 6.92 Å². The molecule has 0 unspecified atom stereocenters. The fourth-order valence-electron chi connectivity index (χ4n) is 0. The van der Waals surface area contributed by atoms with Gasteiger partial charge in [0.1, 0.15) is 0 Å². The highest BCUT2D eigenvalue weighted by Crippen LogP contribution is 2.08. The van der Waals surface area contributed by atoms with Crippen LogP contribution in [0.15, 0.2) is 12.2 Å². The van der Waals surface area contributed by atoms with Crippen LogP contribution in [0.1, 0.15) is 6.92 Å². The molecule has 0 saturated heterocycles. The molecule has 0 aromatic rings. The summed E-state index contributed by atoms with van der Waals surface area (Å²) in [5.74, 6) is -0.201. The molecule has 0 spiro atoms. The molecule has 0 atom stereocenters. The molecule has 12 heavy (non-hydrogen) atoms. The average Bonchev–Trinajstić information content (AvgIpc) is 1.87. The highest BCUT2D eigenvalue weighted by atomic mass is 32.2. The molecular weight excluding hydrogens is 204 g/mol. The summed E-state index contributed by atoms with van der Waals surface area (Å²) in [6.07, 6.45) is -5.81. The average molecular weight is 210 g/mol. The third-order valence-electron chi connectivity index (χ3n) is 0.508. The maximum Gasteiger partial charge on any atom is 0.334 e. The SMILES string of the molecule is CCS(=O)(=O)O.FC(F)=C(F)F. The van der Waals surface area contributed by atoms with Gasteiger partial charge in [-0.2, -0.15) is 26.0 Å². The third-order valence-corrected chi connectivity index (χ3v) is 1.24. The molecule has 1 N–H and O–H groups in total. The quantitative estimate of drug-likeness (QED) is 0.531. The van der Waals surface area contributed by atoms with Crippen molar-refractivity contribution in [2.24, 2.45) is 0 Å². The van der Waals surface area contributed by atoms with Crippen LogP contribution in [0.25, 0.3) is 0 Å². The Morgan fingerprint density at radius 2 is 1.33 bits per heavy atom. The molecular formula is C4H6F4O3S. The standard InChI is InChI=1S/C2F4.C2H6O3S/c3-1(4)2(5)6;1-2-6(3,4)5/h;2H2,1H3,(H,3,4,5). The molecule has 0 aliphatic heterocycles. The summed E-state index contributed by atoms with van der Waals surface area (Å²) in [5, 5.41) is 0. The Balaban J connectivity index is 0. The van der Waals surface area contributed by atoms with Crippen molar-refractivity contribution < 1.29 is 30.5 Å².